The Hall–Kier alpha value is -4.39. The van der Waals surface area contributed by atoms with E-state index in [1.807, 2.05) is 18.2 Å². The lowest BCUT2D eigenvalue weighted by atomic mass is 9.96. The molecule has 5 rings (SSSR count). The molecule has 5 N–H and O–H groups in total. The highest BCUT2D eigenvalue weighted by Crippen LogP contribution is 2.35. The number of hydrogen-bond acceptors (Lipinski definition) is 10. The van der Waals surface area contributed by atoms with Crippen molar-refractivity contribution in [1.29, 1.82) is 0 Å². The van der Waals surface area contributed by atoms with Gasteiger partial charge in [-0.2, -0.15) is 15.1 Å². The van der Waals surface area contributed by atoms with Crippen molar-refractivity contribution in [3.05, 3.63) is 48.7 Å². The Kier molecular flexibility index (Phi) is 7.48. The van der Waals surface area contributed by atoms with Crippen molar-refractivity contribution in [2.24, 2.45) is 11.7 Å². The average Bonchev–Trinajstić information content (AvgIpc) is 3.42. The molecule has 1 aliphatic rings. The Balaban J connectivity index is 1.43. The Labute approximate surface area is 232 Å². The second kappa shape index (κ2) is 11.0. The second-order valence-corrected chi connectivity index (χ2v) is 12.4. The van der Waals surface area contributed by atoms with Gasteiger partial charge in [-0.25, -0.2) is 8.42 Å². The molecule has 0 saturated carbocycles. The van der Waals surface area contributed by atoms with Gasteiger partial charge in [-0.3, -0.25) is 9.89 Å². The lowest BCUT2D eigenvalue weighted by Crippen LogP contribution is -2.38. The van der Waals surface area contributed by atoms with Gasteiger partial charge < -0.3 is 26.0 Å². The Bertz CT molecular complexity index is 1650. The highest BCUT2D eigenvalue weighted by molar-refractivity contribution is 7.92. The van der Waals surface area contributed by atoms with E-state index >= 15 is 0 Å². The van der Waals surface area contributed by atoms with Crippen LogP contribution in [-0.4, -0.2) is 59.9 Å². The number of aromatic amines is 1. The molecule has 210 valence electrons. The number of para-hydroxylation sites is 1. The van der Waals surface area contributed by atoms with Crippen LogP contribution in [0.15, 0.2) is 53.6 Å². The quantitative estimate of drug-likeness (QED) is 0.235. The SMILES string of the molecule is COc1cc(N2CCC(C(N)=O)CC2)ccc1Nc1nc(Nc2ccccc2S(=O)(=O)C(C)C)c2cn[nH]c2n1. The van der Waals surface area contributed by atoms with Gasteiger partial charge in [0, 0.05) is 30.8 Å². The molecule has 40 heavy (non-hydrogen) atoms. The van der Waals surface area contributed by atoms with Gasteiger partial charge in [0.1, 0.15) is 11.6 Å². The van der Waals surface area contributed by atoms with E-state index in [1.54, 1.807) is 51.4 Å². The van der Waals surface area contributed by atoms with Crippen molar-refractivity contribution >= 4 is 55.6 Å². The molecule has 0 atom stereocenters. The molecular weight excluding hydrogens is 532 g/mol. The number of piperidine rings is 1. The van der Waals surface area contributed by atoms with Crippen molar-refractivity contribution in [3.8, 4) is 5.75 Å². The molecule has 4 aromatic rings. The third kappa shape index (κ3) is 5.37. The average molecular weight is 565 g/mol. The fourth-order valence-electron chi connectivity index (χ4n) is 4.71. The van der Waals surface area contributed by atoms with Crippen LogP contribution >= 0.6 is 0 Å². The Morgan fingerprint density at radius 1 is 1.10 bits per heavy atom. The maximum absolute atomic E-state index is 13.0. The molecule has 1 amide bonds. The Morgan fingerprint density at radius 2 is 1.85 bits per heavy atom. The number of carbonyl (C=O) groups excluding carboxylic acids is 1. The first kappa shape index (κ1) is 27.2. The predicted molar refractivity (Wildman–Crippen MR) is 154 cm³/mol. The zero-order valence-corrected chi connectivity index (χ0v) is 23.3. The minimum atomic E-state index is -3.54. The van der Waals surface area contributed by atoms with E-state index in [9.17, 15) is 13.2 Å². The number of ether oxygens (including phenoxy) is 1. The molecule has 1 aliphatic heterocycles. The number of nitrogens with zero attached hydrogens (tertiary/aromatic N) is 4. The molecule has 13 heteroatoms. The summed E-state index contributed by atoms with van der Waals surface area (Å²) in [6, 6.07) is 12.5. The van der Waals surface area contributed by atoms with Gasteiger partial charge in [-0.1, -0.05) is 12.1 Å². The number of primary amides is 1. The molecule has 0 bridgehead atoms. The molecule has 0 unspecified atom stereocenters. The van der Waals surface area contributed by atoms with E-state index in [4.69, 9.17) is 10.5 Å². The molecule has 2 aromatic carbocycles. The van der Waals surface area contributed by atoms with Crippen LogP contribution in [0.4, 0.5) is 28.8 Å². The van der Waals surface area contributed by atoms with E-state index in [1.165, 1.54) is 0 Å². The van der Waals surface area contributed by atoms with Crippen molar-refractivity contribution in [2.75, 3.05) is 35.7 Å². The number of sulfone groups is 1. The molecule has 0 aliphatic carbocycles. The fourth-order valence-corrected chi connectivity index (χ4v) is 5.91. The van der Waals surface area contributed by atoms with Gasteiger partial charge in [0.2, 0.25) is 11.9 Å². The number of rotatable bonds is 9. The lowest BCUT2D eigenvalue weighted by molar-refractivity contribution is -0.122. The topological polar surface area (TPSA) is 168 Å². The monoisotopic (exact) mass is 564 g/mol. The maximum atomic E-state index is 13.0. The lowest BCUT2D eigenvalue weighted by Gasteiger charge is -2.32. The molecule has 0 radical (unpaired) electrons. The fraction of sp³-hybridized carbons (Fsp3) is 0.333. The smallest absolute Gasteiger partial charge is 0.231 e. The van der Waals surface area contributed by atoms with E-state index in [2.05, 4.69) is 35.7 Å². The van der Waals surface area contributed by atoms with Crippen LogP contribution in [0.1, 0.15) is 26.7 Å². The third-order valence-corrected chi connectivity index (χ3v) is 9.28. The molecule has 2 aromatic heterocycles. The van der Waals surface area contributed by atoms with Gasteiger partial charge in [0.15, 0.2) is 15.5 Å². The minimum absolute atomic E-state index is 0.0890. The number of amides is 1. The zero-order chi connectivity index (χ0) is 28.4. The summed E-state index contributed by atoms with van der Waals surface area (Å²) < 4.78 is 31.6. The van der Waals surface area contributed by atoms with E-state index in [-0.39, 0.29) is 22.7 Å². The summed E-state index contributed by atoms with van der Waals surface area (Å²) in [4.78, 5) is 23.1. The summed E-state index contributed by atoms with van der Waals surface area (Å²) in [5.41, 5.74) is 7.97. The predicted octanol–water partition coefficient (Wildman–Crippen LogP) is 3.73. The summed E-state index contributed by atoms with van der Waals surface area (Å²) in [5.74, 6) is 0.904. The normalized spacial score (nSPS) is 14.4. The van der Waals surface area contributed by atoms with Crippen LogP contribution < -0.4 is 26.0 Å². The highest BCUT2D eigenvalue weighted by atomic mass is 32.2. The number of carbonyl (C=O) groups is 1. The van der Waals surface area contributed by atoms with Crippen molar-refractivity contribution in [2.45, 2.75) is 36.8 Å². The number of methoxy groups -OCH3 is 1. The standard InChI is InChI=1S/C27H32N8O4S/c1-16(2)40(37,38)23-7-5-4-6-21(23)30-25-19-15-29-34-26(19)33-27(32-25)31-20-9-8-18(14-22(20)39-3)35-12-10-17(11-13-35)24(28)36/h4-9,14-17H,10-13H2,1-3H3,(H2,28,36)(H3,29,30,31,32,33,34). The molecule has 3 heterocycles. The highest BCUT2D eigenvalue weighted by Gasteiger charge is 2.25. The molecular formula is C27H32N8O4S. The Morgan fingerprint density at radius 3 is 2.55 bits per heavy atom. The summed E-state index contributed by atoms with van der Waals surface area (Å²) in [6.45, 7) is 4.75. The molecule has 12 nitrogen and oxygen atoms in total. The van der Waals surface area contributed by atoms with Gasteiger partial charge in [-0.15, -0.1) is 0 Å². The number of hydrogen-bond donors (Lipinski definition) is 4. The summed E-state index contributed by atoms with van der Waals surface area (Å²) in [7, 11) is -1.96. The van der Waals surface area contributed by atoms with Crippen LogP contribution in [-0.2, 0) is 14.6 Å². The number of nitrogens with two attached hydrogens (primary N) is 1. The number of fused-ring (bicyclic) bond motifs is 1. The maximum Gasteiger partial charge on any atom is 0.231 e. The molecule has 1 fully saturated rings. The summed E-state index contributed by atoms with van der Waals surface area (Å²) in [6.07, 6.45) is 3.01. The molecule has 1 saturated heterocycles. The van der Waals surface area contributed by atoms with E-state index in [0.29, 0.717) is 46.8 Å². The van der Waals surface area contributed by atoms with Gasteiger partial charge in [0.05, 0.1) is 40.2 Å². The van der Waals surface area contributed by atoms with Crippen LogP contribution in [0, 0.1) is 5.92 Å². The summed E-state index contributed by atoms with van der Waals surface area (Å²) >= 11 is 0. The number of anilines is 5. The van der Waals surface area contributed by atoms with E-state index in [0.717, 1.165) is 18.8 Å². The summed E-state index contributed by atoms with van der Waals surface area (Å²) in [5, 5.41) is 13.4. The van der Waals surface area contributed by atoms with Gasteiger partial charge >= 0.3 is 0 Å². The van der Waals surface area contributed by atoms with Gasteiger partial charge in [-0.05, 0) is 51.0 Å². The number of nitrogens with one attached hydrogen (secondary N) is 3. The molecule has 0 spiro atoms. The van der Waals surface area contributed by atoms with Crippen LogP contribution in [0.3, 0.4) is 0 Å². The largest absolute Gasteiger partial charge is 0.494 e. The van der Waals surface area contributed by atoms with Crippen LogP contribution in [0.25, 0.3) is 11.0 Å². The first-order valence-electron chi connectivity index (χ1n) is 13.0. The van der Waals surface area contributed by atoms with Crippen LogP contribution in [0.2, 0.25) is 0 Å². The zero-order valence-electron chi connectivity index (χ0n) is 22.5. The van der Waals surface area contributed by atoms with Crippen molar-refractivity contribution in [3.63, 3.8) is 0 Å². The number of aromatic nitrogens is 4. The number of benzene rings is 2. The first-order valence-corrected chi connectivity index (χ1v) is 14.5. The van der Waals surface area contributed by atoms with Gasteiger partial charge in [0.25, 0.3) is 0 Å². The second-order valence-electron chi connectivity index (χ2n) is 9.92. The van der Waals surface area contributed by atoms with E-state index < -0.39 is 15.1 Å². The number of H-pyrrole nitrogens is 1. The third-order valence-electron chi connectivity index (χ3n) is 7.07. The minimum Gasteiger partial charge on any atom is -0.494 e. The van der Waals surface area contributed by atoms with Crippen LogP contribution in [0.5, 0.6) is 5.75 Å². The van der Waals surface area contributed by atoms with Crippen molar-refractivity contribution < 1.29 is 17.9 Å². The van der Waals surface area contributed by atoms with Crippen molar-refractivity contribution in [1.82, 2.24) is 20.2 Å². The first-order chi connectivity index (χ1) is 19.2.